The van der Waals surface area contributed by atoms with Gasteiger partial charge in [-0.05, 0) is 18.6 Å². The highest BCUT2D eigenvalue weighted by Gasteiger charge is 2.40. The molecule has 0 radical (unpaired) electrons. The minimum atomic E-state index is 0.102. The molecule has 0 aliphatic carbocycles. The van der Waals surface area contributed by atoms with E-state index in [-0.39, 0.29) is 11.9 Å². The molecule has 1 aromatic heterocycles. The van der Waals surface area contributed by atoms with Crippen molar-refractivity contribution in [2.45, 2.75) is 31.3 Å². The van der Waals surface area contributed by atoms with Crippen LogP contribution in [0.25, 0.3) is 0 Å². The predicted molar refractivity (Wildman–Crippen MR) is 96.0 cm³/mol. The SMILES string of the molecule is COCCN1C(=O)C[C@@H](CNC2CCCSC2)[C@@H]1c1cnn(C)c1. The fourth-order valence-electron chi connectivity index (χ4n) is 3.76. The molecule has 3 rings (SSSR count). The van der Waals surface area contributed by atoms with Crippen molar-refractivity contribution in [3.05, 3.63) is 18.0 Å². The Balaban J connectivity index is 1.69. The summed E-state index contributed by atoms with van der Waals surface area (Å²) in [7, 11) is 3.60. The molecule has 3 heterocycles. The molecule has 7 heteroatoms. The Morgan fingerprint density at radius 1 is 1.50 bits per heavy atom. The normalized spacial score (nSPS) is 27.8. The standard InChI is InChI=1S/C17H28N4O2S/c1-20-11-14(10-19-20)17-13(8-16(22)21(17)5-6-23-2)9-18-15-4-3-7-24-12-15/h10-11,13,15,17-18H,3-9,12H2,1-2H3/t13-,15?,17+/m0/s1. The van der Waals surface area contributed by atoms with E-state index < -0.39 is 0 Å². The van der Waals surface area contributed by atoms with Crippen molar-refractivity contribution >= 4 is 17.7 Å². The van der Waals surface area contributed by atoms with Crippen LogP contribution in [0.15, 0.2) is 12.4 Å². The molecule has 6 nitrogen and oxygen atoms in total. The number of hydrogen-bond acceptors (Lipinski definition) is 5. The van der Waals surface area contributed by atoms with Gasteiger partial charge in [-0.2, -0.15) is 16.9 Å². The second-order valence-corrected chi connectivity index (χ2v) is 7.91. The van der Waals surface area contributed by atoms with Gasteiger partial charge in [-0.3, -0.25) is 9.48 Å². The fraction of sp³-hybridized carbons (Fsp3) is 0.765. The van der Waals surface area contributed by atoms with E-state index in [4.69, 9.17) is 4.74 Å². The predicted octanol–water partition coefficient (Wildman–Crippen LogP) is 1.44. The summed E-state index contributed by atoms with van der Waals surface area (Å²) in [6.45, 7) is 2.10. The largest absolute Gasteiger partial charge is 0.383 e. The Morgan fingerprint density at radius 2 is 2.38 bits per heavy atom. The van der Waals surface area contributed by atoms with E-state index >= 15 is 0 Å². The van der Waals surface area contributed by atoms with Crippen LogP contribution in [0, 0.1) is 5.92 Å². The minimum absolute atomic E-state index is 0.102. The Hall–Kier alpha value is -1.05. The van der Waals surface area contributed by atoms with Crippen molar-refractivity contribution in [1.29, 1.82) is 0 Å². The third-order valence-corrected chi connectivity index (χ3v) is 6.19. The van der Waals surface area contributed by atoms with E-state index in [9.17, 15) is 4.79 Å². The summed E-state index contributed by atoms with van der Waals surface area (Å²) < 4.78 is 7.01. The zero-order chi connectivity index (χ0) is 16.9. The van der Waals surface area contributed by atoms with E-state index in [2.05, 4.69) is 10.4 Å². The number of nitrogens with zero attached hydrogens (tertiary/aromatic N) is 3. The highest BCUT2D eigenvalue weighted by atomic mass is 32.2. The number of aryl methyl sites for hydroxylation is 1. The summed E-state index contributed by atoms with van der Waals surface area (Å²) in [6.07, 6.45) is 7.08. The number of amides is 1. The van der Waals surface area contributed by atoms with E-state index in [1.54, 1.807) is 7.11 Å². The second-order valence-electron chi connectivity index (χ2n) is 6.76. The quantitative estimate of drug-likeness (QED) is 0.805. The number of hydrogen-bond donors (Lipinski definition) is 1. The molecule has 3 atom stereocenters. The minimum Gasteiger partial charge on any atom is -0.383 e. The van der Waals surface area contributed by atoms with Crippen molar-refractivity contribution < 1.29 is 9.53 Å². The van der Waals surface area contributed by atoms with Crippen molar-refractivity contribution in [3.63, 3.8) is 0 Å². The van der Waals surface area contributed by atoms with Gasteiger partial charge in [0.15, 0.2) is 0 Å². The molecule has 2 aliphatic rings. The van der Waals surface area contributed by atoms with Crippen molar-refractivity contribution in [2.24, 2.45) is 13.0 Å². The van der Waals surface area contributed by atoms with Crippen LogP contribution in [0.2, 0.25) is 0 Å². The fourth-order valence-corrected chi connectivity index (χ4v) is 4.87. The van der Waals surface area contributed by atoms with Crippen LogP contribution < -0.4 is 5.32 Å². The summed E-state index contributed by atoms with van der Waals surface area (Å²) in [6, 6.07) is 0.687. The van der Waals surface area contributed by atoms with Crippen LogP contribution in [0.4, 0.5) is 0 Å². The molecule has 1 N–H and O–H groups in total. The topological polar surface area (TPSA) is 59.4 Å². The third-order valence-electron chi connectivity index (χ3n) is 4.97. The lowest BCUT2D eigenvalue weighted by molar-refractivity contribution is -0.129. The zero-order valence-electron chi connectivity index (χ0n) is 14.6. The Kier molecular flexibility index (Phi) is 6.19. The number of aromatic nitrogens is 2. The summed E-state index contributed by atoms with van der Waals surface area (Å²) in [5.41, 5.74) is 1.13. The molecular formula is C17H28N4O2S. The van der Waals surface area contributed by atoms with Crippen molar-refractivity contribution in [2.75, 3.05) is 38.3 Å². The lowest BCUT2D eigenvalue weighted by Gasteiger charge is -2.29. The summed E-state index contributed by atoms with van der Waals surface area (Å²) >= 11 is 2.03. The summed E-state index contributed by atoms with van der Waals surface area (Å²) in [4.78, 5) is 14.5. The maximum Gasteiger partial charge on any atom is 0.223 e. The average molecular weight is 353 g/mol. The molecule has 2 saturated heterocycles. The summed E-state index contributed by atoms with van der Waals surface area (Å²) in [5.74, 6) is 2.99. The number of nitrogens with one attached hydrogen (secondary N) is 1. The Labute approximate surface area is 148 Å². The van der Waals surface area contributed by atoms with Gasteiger partial charge in [-0.1, -0.05) is 0 Å². The monoisotopic (exact) mass is 352 g/mol. The molecule has 1 amide bonds. The van der Waals surface area contributed by atoms with Gasteiger partial charge in [-0.15, -0.1) is 0 Å². The highest BCUT2D eigenvalue weighted by Crippen LogP contribution is 2.37. The maximum atomic E-state index is 12.5. The van der Waals surface area contributed by atoms with Crippen LogP contribution >= 0.6 is 11.8 Å². The maximum absolute atomic E-state index is 12.5. The average Bonchev–Trinajstić information content (AvgIpc) is 3.15. The van der Waals surface area contributed by atoms with Gasteiger partial charge in [-0.25, -0.2) is 0 Å². The molecular weight excluding hydrogens is 324 g/mol. The number of thioether (sulfide) groups is 1. The molecule has 24 heavy (non-hydrogen) atoms. The Morgan fingerprint density at radius 3 is 3.04 bits per heavy atom. The van der Waals surface area contributed by atoms with Crippen LogP contribution in [0.3, 0.4) is 0 Å². The molecule has 0 aromatic carbocycles. The third kappa shape index (κ3) is 4.13. The molecule has 2 aliphatic heterocycles. The number of methoxy groups -OCH3 is 1. The van der Waals surface area contributed by atoms with Crippen molar-refractivity contribution in [1.82, 2.24) is 20.0 Å². The van der Waals surface area contributed by atoms with Crippen molar-refractivity contribution in [3.8, 4) is 0 Å². The van der Waals surface area contributed by atoms with Gasteiger partial charge in [0.1, 0.15) is 0 Å². The van der Waals surface area contributed by atoms with Gasteiger partial charge in [0.2, 0.25) is 5.91 Å². The number of likely N-dealkylation sites (tertiary alicyclic amines) is 1. The molecule has 1 aromatic rings. The molecule has 2 fully saturated rings. The summed E-state index contributed by atoms with van der Waals surface area (Å²) in [5, 5.41) is 8.02. The van der Waals surface area contributed by atoms with Crippen LogP contribution in [-0.4, -0.2) is 64.9 Å². The van der Waals surface area contributed by atoms with E-state index in [1.807, 2.05) is 40.8 Å². The van der Waals surface area contributed by atoms with Crippen LogP contribution in [0.1, 0.15) is 30.9 Å². The molecule has 0 spiro atoms. The number of rotatable bonds is 7. The first-order chi connectivity index (χ1) is 11.7. The van der Waals surface area contributed by atoms with Gasteiger partial charge in [0.05, 0.1) is 18.8 Å². The molecule has 1 unspecified atom stereocenters. The molecule has 134 valence electrons. The molecule has 0 bridgehead atoms. The van der Waals surface area contributed by atoms with Gasteiger partial charge >= 0.3 is 0 Å². The highest BCUT2D eigenvalue weighted by molar-refractivity contribution is 7.99. The first-order valence-corrected chi connectivity index (χ1v) is 9.92. The molecule has 0 saturated carbocycles. The van der Waals surface area contributed by atoms with Gasteiger partial charge in [0.25, 0.3) is 0 Å². The lowest BCUT2D eigenvalue weighted by atomic mass is 9.95. The number of carbonyl (C=O) groups is 1. The van der Waals surface area contributed by atoms with Crippen LogP contribution in [-0.2, 0) is 16.6 Å². The van der Waals surface area contributed by atoms with Gasteiger partial charge < -0.3 is 15.0 Å². The Bertz CT molecular complexity index is 544. The van der Waals surface area contributed by atoms with E-state index in [1.165, 1.54) is 24.3 Å². The first kappa shape index (κ1) is 17.8. The number of carbonyl (C=O) groups excluding carboxylic acids is 1. The van der Waals surface area contributed by atoms with Crippen LogP contribution in [0.5, 0.6) is 0 Å². The first-order valence-electron chi connectivity index (χ1n) is 8.77. The van der Waals surface area contributed by atoms with E-state index in [0.717, 1.165) is 12.1 Å². The smallest absolute Gasteiger partial charge is 0.223 e. The van der Waals surface area contributed by atoms with Gasteiger partial charge in [0, 0.05) is 63.1 Å². The lowest BCUT2D eigenvalue weighted by Crippen LogP contribution is -2.39. The number of ether oxygens (including phenoxy) is 1. The second kappa shape index (κ2) is 8.36. The zero-order valence-corrected chi connectivity index (χ0v) is 15.4. The van der Waals surface area contributed by atoms with E-state index in [0.29, 0.717) is 31.5 Å².